The van der Waals surface area contributed by atoms with Crippen LogP contribution in [-0.2, 0) is 14.8 Å². The zero-order valence-corrected chi connectivity index (χ0v) is 17.0. The number of sulfonamides is 1. The highest BCUT2D eigenvalue weighted by Crippen LogP contribution is 2.18. The summed E-state index contributed by atoms with van der Waals surface area (Å²) < 4.78 is 31.7. The van der Waals surface area contributed by atoms with Crippen LogP contribution in [-0.4, -0.2) is 39.3 Å². The predicted octanol–water partition coefficient (Wildman–Crippen LogP) is 3.50. The van der Waals surface area contributed by atoms with E-state index >= 15 is 0 Å². The first-order chi connectivity index (χ1) is 12.3. The van der Waals surface area contributed by atoms with Crippen molar-refractivity contribution in [2.45, 2.75) is 17.7 Å². The van der Waals surface area contributed by atoms with E-state index < -0.39 is 10.0 Å². The van der Waals surface area contributed by atoms with Crippen molar-refractivity contribution >= 4 is 37.5 Å². The highest BCUT2D eigenvalue weighted by atomic mass is 79.9. The van der Waals surface area contributed by atoms with Gasteiger partial charge in [-0.1, -0.05) is 22.0 Å². The summed E-state index contributed by atoms with van der Waals surface area (Å²) in [6.45, 7) is 0.434. The van der Waals surface area contributed by atoms with Crippen LogP contribution in [0.15, 0.2) is 57.9 Å². The Labute approximate surface area is 162 Å². The number of carbonyl (C=O) groups excluding carboxylic acids is 1. The van der Waals surface area contributed by atoms with Crippen LogP contribution in [0.5, 0.6) is 5.75 Å². The molecule has 26 heavy (non-hydrogen) atoms. The summed E-state index contributed by atoms with van der Waals surface area (Å²) in [7, 11) is -0.522. The van der Waals surface area contributed by atoms with Gasteiger partial charge in [-0.25, -0.2) is 12.7 Å². The van der Waals surface area contributed by atoms with Crippen LogP contribution in [0.2, 0.25) is 0 Å². The Hall–Kier alpha value is -1.90. The molecule has 0 aliphatic heterocycles. The standard InChI is InChI=1S/C18H21BrN2O4S/c1-21(2)26(23,24)17-10-8-15(9-11-17)20-18(22)7-4-12-25-16-6-3-5-14(19)13-16/h3,5-6,8-11,13H,4,7,12H2,1-2H3,(H,20,22). The average Bonchev–Trinajstić information content (AvgIpc) is 2.59. The fourth-order valence-corrected chi connectivity index (χ4v) is 3.40. The number of amides is 1. The number of hydrogen-bond donors (Lipinski definition) is 1. The van der Waals surface area contributed by atoms with Gasteiger partial charge in [0.1, 0.15) is 5.75 Å². The number of ether oxygens (including phenoxy) is 1. The summed E-state index contributed by atoms with van der Waals surface area (Å²) in [6.07, 6.45) is 0.886. The van der Waals surface area contributed by atoms with Crippen LogP contribution in [0.3, 0.4) is 0 Å². The van der Waals surface area contributed by atoms with Crippen LogP contribution in [0.4, 0.5) is 5.69 Å². The fourth-order valence-electron chi connectivity index (χ4n) is 2.12. The Morgan fingerprint density at radius 1 is 1.15 bits per heavy atom. The molecule has 6 nitrogen and oxygen atoms in total. The minimum Gasteiger partial charge on any atom is -0.494 e. The highest BCUT2D eigenvalue weighted by Gasteiger charge is 2.16. The lowest BCUT2D eigenvalue weighted by Gasteiger charge is -2.12. The lowest BCUT2D eigenvalue weighted by molar-refractivity contribution is -0.116. The first kappa shape index (κ1) is 20.4. The molecule has 0 heterocycles. The molecule has 0 atom stereocenters. The van der Waals surface area contributed by atoms with Crippen molar-refractivity contribution < 1.29 is 17.9 Å². The monoisotopic (exact) mass is 440 g/mol. The Balaban J connectivity index is 1.79. The maximum absolute atomic E-state index is 12.0. The van der Waals surface area contributed by atoms with Gasteiger partial charge in [0.05, 0.1) is 11.5 Å². The Morgan fingerprint density at radius 3 is 2.46 bits per heavy atom. The number of anilines is 1. The lowest BCUT2D eigenvalue weighted by Crippen LogP contribution is -2.22. The molecular formula is C18H21BrN2O4S. The Bertz CT molecular complexity index is 852. The maximum Gasteiger partial charge on any atom is 0.242 e. The molecular weight excluding hydrogens is 420 g/mol. The summed E-state index contributed by atoms with van der Waals surface area (Å²) in [5.41, 5.74) is 0.556. The molecule has 2 aromatic rings. The molecule has 2 aromatic carbocycles. The van der Waals surface area contributed by atoms with Gasteiger partial charge >= 0.3 is 0 Å². The number of nitrogens with zero attached hydrogens (tertiary/aromatic N) is 1. The largest absolute Gasteiger partial charge is 0.494 e. The van der Waals surface area contributed by atoms with Gasteiger partial charge in [-0.3, -0.25) is 4.79 Å². The molecule has 0 bridgehead atoms. The Morgan fingerprint density at radius 2 is 1.85 bits per heavy atom. The van der Waals surface area contributed by atoms with Gasteiger partial charge in [-0.15, -0.1) is 0 Å². The van der Waals surface area contributed by atoms with Gasteiger partial charge in [0, 0.05) is 30.7 Å². The van der Waals surface area contributed by atoms with Gasteiger partial charge in [0.15, 0.2) is 0 Å². The molecule has 8 heteroatoms. The summed E-state index contributed by atoms with van der Waals surface area (Å²) in [5, 5.41) is 2.75. The second kappa shape index (κ2) is 9.16. The fraction of sp³-hybridized carbons (Fsp3) is 0.278. The van der Waals surface area contributed by atoms with E-state index in [4.69, 9.17) is 4.74 Å². The van der Waals surface area contributed by atoms with Crippen molar-refractivity contribution in [3.8, 4) is 5.75 Å². The van der Waals surface area contributed by atoms with Gasteiger partial charge in [0.2, 0.25) is 15.9 Å². The summed E-state index contributed by atoms with van der Waals surface area (Å²) >= 11 is 3.37. The SMILES string of the molecule is CN(C)S(=O)(=O)c1ccc(NC(=O)CCCOc2cccc(Br)c2)cc1. The number of halogens is 1. The molecule has 0 unspecified atom stereocenters. The van der Waals surface area contributed by atoms with Crippen LogP contribution in [0.25, 0.3) is 0 Å². The van der Waals surface area contributed by atoms with Crippen molar-refractivity contribution in [2.75, 3.05) is 26.0 Å². The van der Waals surface area contributed by atoms with Crippen molar-refractivity contribution in [3.63, 3.8) is 0 Å². The molecule has 140 valence electrons. The lowest BCUT2D eigenvalue weighted by atomic mass is 10.2. The third-order valence-electron chi connectivity index (χ3n) is 3.53. The van der Waals surface area contributed by atoms with Gasteiger partial charge < -0.3 is 10.1 Å². The normalized spacial score (nSPS) is 11.4. The molecule has 0 fully saturated rings. The van der Waals surface area contributed by atoms with E-state index in [-0.39, 0.29) is 10.8 Å². The third-order valence-corrected chi connectivity index (χ3v) is 5.85. The van der Waals surface area contributed by atoms with E-state index in [0.717, 1.165) is 14.5 Å². The molecule has 0 radical (unpaired) electrons. The first-order valence-electron chi connectivity index (χ1n) is 8.00. The quantitative estimate of drug-likeness (QED) is 0.637. The predicted molar refractivity (Wildman–Crippen MR) is 105 cm³/mol. The van der Waals surface area contributed by atoms with E-state index in [1.807, 2.05) is 24.3 Å². The van der Waals surface area contributed by atoms with Gasteiger partial charge in [0.25, 0.3) is 0 Å². The minimum absolute atomic E-state index is 0.147. The summed E-state index contributed by atoms with van der Waals surface area (Å²) in [4.78, 5) is 12.2. The zero-order chi connectivity index (χ0) is 19.2. The molecule has 1 amide bonds. The van der Waals surface area contributed by atoms with E-state index in [1.165, 1.54) is 26.2 Å². The van der Waals surface area contributed by atoms with Gasteiger partial charge in [-0.2, -0.15) is 0 Å². The van der Waals surface area contributed by atoms with Crippen molar-refractivity contribution in [3.05, 3.63) is 53.0 Å². The van der Waals surface area contributed by atoms with E-state index in [2.05, 4.69) is 21.2 Å². The van der Waals surface area contributed by atoms with Crippen molar-refractivity contribution in [2.24, 2.45) is 0 Å². The minimum atomic E-state index is -3.47. The highest BCUT2D eigenvalue weighted by molar-refractivity contribution is 9.10. The van der Waals surface area contributed by atoms with Crippen LogP contribution in [0, 0.1) is 0 Å². The first-order valence-corrected chi connectivity index (χ1v) is 10.2. The van der Waals surface area contributed by atoms with Crippen LogP contribution in [0.1, 0.15) is 12.8 Å². The van der Waals surface area contributed by atoms with Crippen LogP contribution < -0.4 is 10.1 Å². The smallest absolute Gasteiger partial charge is 0.242 e. The maximum atomic E-state index is 12.0. The molecule has 1 N–H and O–H groups in total. The number of hydrogen-bond acceptors (Lipinski definition) is 4. The summed E-state index contributed by atoms with van der Waals surface area (Å²) in [5.74, 6) is 0.600. The topological polar surface area (TPSA) is 75.7 Å². The second-order valence-electron chi connectivity index (χ2n) is 5.77. The molecule has 2 rings (SSSR count). The van der Waals surface area contributed by atoms with Crippen molar-refractivity contribution in [1.82, 2.24) is 4.31 Å². The molecule has 0 saturated heterocycles. The molecule has 0 spiro atoms. The van der Waals surface area contributed by atoms with Crippen LogP contribution >= 0.6 is 15.9 Å². The number of rotatable bonds is 8. The average molecular weight is 441 g/mol. The van der Waals surface area contributed by atoms with Crippen molar-refractivity contribution in [1.29, 1.82) is 0 Å². The van der Waals surface area contributed by atoms with E-state index in [0.29, 0.717) is 25.1 Å². The van der Waals surface area contributed by atoms with E-state index in [9.17, 15) is 13.2 Å². The molecule has 0 aliphatic rings. The number of nitrogens with one attached hydrogen (secondary N) is 1. The molecule has 0 saturated carbocycles. The number of benzene rings is 2. The van der Waals surface area contributed by atoms with Gasteiger partial charge in [-0.05, 0) is 48.9 Å². The zero-order valence-electron chi connectivity index (χ0n) is 14.6. The van der Waals surface area contributed by atoms with E-state index in [1.54, 1.807) is 12.1 Å². The second-order valence-corrected chi connectivity index (χ2v) is 8.84. The molecule has 0 aromatic heterocycles. The third kappa shape index (κ3) is 5.82. The number of carbonyl (C=O) groups is 1. The summed E-state index contributed by atoms with van der Waals surface area (Å²) in [6, 6.07) is 13.6. The Kier molecular flexibility index (Phi) is 7.19. The molecule has 0 aliphatic carbocycles.